The molecule has 0 nitrogen and oxygen atoms in total. The maximum atomic E-state index is 0. The zero-order valence-corrected chi connectivity index (χ0v) is 13.0. The molecule has 18 valence electrons. The van der Waals surface area contributed by atoms with Crippen LogP contribution >= 0.6 is 0 Å². The molecule has 0 heterocycles. The minimum Gasteiger partial charge on any atom is 0 e. The van der Waals surface area contributed by atoms with Gasteiger partial charge in [-0.1, -0.05) is 0 Å². The van der Waals surface area contributed by atoms with Crippen LogP contribution < -0.4 is 0 Å². The fourth-order valence-electron chi connectivity index (χ4n) is 0. The number of hydrogen-bond donors (Lipinski definition) is 0. The molecule has 0 rings (SSSR count). The largest absolute Gasteiger partial charge is 0 e. The molecule has 0 aromatic carbocycles. The van der Waals surface area contributed by atoms with E-state index in [2.05, 4.69) is 0 Å². The van der Waals surface area contributed by atoms with Gasteiger partial charge in [0.05, 0.1) is 0 Å². The Morgan fingerprint density at radius 1 is 0.500 bits per heavy atom. The molecule has 0 aromatic rings. The van der Waals surface area contributed by atoms with Crippen molar-refractivity contribution < 1.29 is 67.1 Å². The topological polar surface area (TPSA) is 0 Å². The molecule has 0 aliphatic rings. The average molecular weight is 483 g/mol. The zero-order chi connectivity index (χ0) is 0. The summed E-state index contributed by atoms with van der Waals surface area (Å²) in [4.78, 5) is 0. The van der Waals surface area contributed by atoms with Crippen LogP contribution in [0, 0.1) is 0 Å². The van der Waals surface area contributed by atoms with Crippen LogP contribution in [0.5, 0.6) is 0 Å². The third-order valence-corrected chi connectivity index (χ3v) is 0. The summed E-state index contributed by atoms with van der Waals surface area (Å²) in [5.74, 6) is 0. The summed E-state index contributed by atoms with van der Waals surface area (Å²) in [6.07, 6.45) is 0. The van der Waals surface area contributed by atoms with Crippen LogP contribution in [0.3, 0.4) is 0 Å². The second-order valence-corrected chi connectivity index (χ2v) is 0. The van der Waals surface area contributed by atoms with Crippen LogP contribution in [-0.4, -0.2) is 27.3 Å². The van der Waals surface area contributed by atoms with Gasteiger partial charge in [-0.3, -0.25) is 0 Å². The molecular weight excluding hydrogens is 483 g/mol. The summed E-state index contributed by atoms with van der Waals surface area (Å²) in [6.45, 7) is 0. The summed E-state index contributed by atoms with van der Waals surface area (Å²) in [5.41, 5.74) is 0. The Labute approximate surface area is 92.6 Å². The van der Waals surface area contributed by atoms with E-state index < -0.39 is 0 Å². The van der Waals surface area contributed by atoms with E-state index in [1.54, 1.807) is 0 Å². The van der Waals surface area contributed by atoms with E-state index in [4.69, 9.17) is 0 Å². The van der Waals surface area contributed by atoms with Crippen LogP contribution in [0.15, 0.2) is 0 Å². The standard InChI is InChI=1S/3Nb.Tl. The quantitative estimate of drug-likeness (QED) is 0.413. The van der Waals surface area contributed by atoms with Gasteiger partial charge in [0.1, 0.15) is 0 Å². The van der Waals surface area contributed by atoms with Crippen molar-refractivity contribution in [3.8, 4) is 0 Å². The van der Waals surface area contributed by atoms with Gasteiger partial charge < -0.3 is 0 Å². The Hall–Kier alpha value is 3.14. The molecule has 0 saturated heterocycles. The number of hydrogen-bond acceptors (Lipinski definition) is 0. The SMILES string of the molecule is [Nb].[Nb].[Nb].[Tl]. The predicted octanol–water partition coefficient (Wildman–Crippen LogP) is -0.388. The molecule has 0 aliphatic carbocycles. The summed E-state index contributed by atoms with van der Waals surface area (Å²) < 4.78 is 0. The molecule has 4 heteroatoms. The van der Waals surface area contributed by atoms with Crippen molar-refractivity contribution in [2.24, 2.45) is 0 Å². The first kappa shape index (κ1) is 27.3. The maximum absolute atomic E-state index is 0. The molecule has 0 aromatic heterocycles. The average Bonchev–Trinajstić information content (AvgIpc) is 0. The zero-order valence-electron chi connectivity index (χ0n) is 1.92. The smallest absolute Gasteiger partial charge is 0 e. The van der Waals surface area contributed by atoms with Crippen LogP contribution in [0.4, 0.5) is 0 Å². The molecule has 0 unspecified atom stereocenters. The summed E-state index contributed by atoms with van der Waals surface area (Å²) in [7, 11) is 0. The Kier molecular flexibility index (Phi) is 112. The van der Waals surface area contributed by atoms with Gasteiger partial charge in [-0.2, -0.15) is 0 Å². The molecular formula is Nb3Tl. The van der Waals surface area contributed by atoms with Crippen molar-refractivity contribution in [1.29, 1.82) is 0 Å². The fraction of sp³-hybridized carbons (Fsp3) is 0. The third kappa shape index (κ3) is 8.94. The van der Waals surface area contributed by atoms with E-state index in [-0.39, 0.29) is 94.4 Å². The molecule has 4 heavy (non-hydrogen) atoms. The van der Waals surface area contributed by atoms with E-state index in [1.165, 1.54) is 0 Å². The molecule has 0 spiro atoms. The van der Waals surface area contributed by atoms with E-state index >= 15 is 0 Å². The molecule has 0 fully saturated rings. The monoisotopic (exact) mass is 484 g/mol. The van der Waals surface area contributed by atoms with Gasteiger partial charge in [-0.25, -0.2) is 0 Å². The third-order valence-electron chi connectivity index (χ3n) is 0. The second-order valence-electron chi connectivity index (χ2n) is 0. The minimum atomic E-state index is 0. The molecule has 4 radical (unpaired) electrons. The van der Waals surface area contributed by atoms with Gasteiger partial charge in [0.2, 0.25) is 0 Å². The molecule has 0 N–H and O–H groups in total. The molecule has 0 amide bonds. The van der Waals surface area contributed by atoms with Gasteiger partial charge in [-0.05, 0) is 0 Å². The van der Waals surface area contributed by atoms with Crippen molar-refractivity contribution in [3.63, 3.8) is 0 Å². The Balaban J connectivity index is 0. The van der Waals surface area contributed by atoms with Crippen molar-refractivity contribution in [3.05, 3.63) is 0 Å². The van der Waals surface area contributed by atoms with E-state index in [1.807, 2.05) is 0 Å². The van der Waals surface area contributed by atoms with Crippen molar-refractivity contribution in [2.45, 2.75) is 0 Å². The summed E-state index contributed by atoms with van der Waals surface area (Å²) in [6, 6.07) is 0. The van der Waals surface area contributed by atoms with Crippen molar-refractivity contribution in [2.75, 3.05) is 0 Å². The number of rotatable bonds is 0. The van der Waals surface area contributed by atoms with Crippen molar-refractivity contribution >= 4 is 27.3 Å². The van der Waals surface area contributed by atoms with Gasteiger partial charge in [-0.15, -0.1) is 0 Å². The van der Waals surface area contributed by atoms with E-state index in [0.717, 1.165) is 0 Å². The molecule has 0 saturated carbocycles. The van der Waals surface area contributed by atoms with Crippen LogP contribution in [0.25, 0.3) is 0 Å². The molecule has 0 aliphatic heterocycles. The predicted molar refractivity (Wildman–Crippen MR) is 5.75 cm³/mol. The maximum Gasteiger partial charge on any atom is 0 e. The van der Waals surface area contributed by atoms with E-state index in [0.29, 0.717) is 0 Å². The summed E-state index contributed by atoms with van der Waals surface area (Å²) >= 11 is 0. The Morgan fingerprint density at radius 2 is 0.500 bits per heavy atom. The normalized spacial score (nSPS) is 0. The van der Waals surface area contributed by atoms with Crippen LogP contribution in [0.1, 0.15) is 0 Å². The van der Waals surface area contributed by atoms with Gasteiger partial charge in [0, 0.05) is 94.4 Å². The van der Waals surface area contributed by atoms with Crippen LogP contribution in [0.2, 0.25) is 0 Å². The first-order valence-electron chi connectivity index (χ1n) is 0. The van der Waals surface area contributed by atoms with Gasteiger partial charge in [0.15, 0.2) is 0 Å². The van der Waals surface area contributed by atoms with Gasteiger partial charge >= 0.3 is 0 Å². The van der Waals surface area contributed by atoms with Gasteiger partial charge in [0.25, 0.3) is 0 Å². The second kappa shape index (κ2) is 16.4. The first-order valence-corrected chi connectivity index (χ1v) is 0. The van der Waals surface area contributed by atoms with Crippen molar-refractivity contribution in [1.82, 2.24) is 0 Å². The van der Waals surface area contributed by atoms with Crippen LogP contribution in [-0.2, 0) is 67.1 Å². The first-order chi connectivity index (χ1) is 0. The minimum absolute atomic E-state index is 0. The molecule has 0 bridgehead atoms. The fourth-order valence-corrected chi connectivity index (χ4v) is 0. The van der Waals surface area contributed by atoms with E-state index in [9.17, 15) is 0 Å². The Morgan fingerprint density at radius 3 is 0.500 bits per heavy atom. The Bertz CT molecular complexity index is 3.25. The molecule has 0 atom stereocenters. The summed E-state index contributed by atoms with van der Waals surface area (Å²) in [5, 5.41) is 0.